The second kappa shape index (κ2) is 8.52. The third-order valence-corrected chi connectivity index (χ3v) is 5.58. The van der Waals surface area contributed by atoms with Gasteiger partial charge in [0.1, 0.15) is 0 Å². The standard InChI is InChI=1S/C15H19ClN4OS2/c1-4-8-17-14-19-20-15(23-14)22-10(3)13(21)18-12-7-5-6-11(16)9(12)2/h5-7,10H,4,8H2,1-3H3,(H,17,19)(H,18,21)/t10-/m1/s1. The van der Waals surface area contributed by atoms with Crippen LogP contribution in [0.1, 0.15) is 25.8 Å². The molecule has 2 aromatic rings. The van der Waals surface area contributed by atoms with Gasteiger partial charge in [0.15, 0.2) is 4.34 Å². The van der Waals surface area contributed by atoms with Gasteiger partial charge in [0.05, 0.1) is 5.25 Å². The predicted molar refractivity (Wildman–Crippen MR) is 98.8 cm³/mol. The summed E-state index contributed by atoms with van der Waals surface area (Å²) in [7, 11) is 0. The van der Waals surface area contributed by atoms with Gasteiger partial charge >= 0.3 is 0 Å². The van der Waals surface area contributed by atoms with Gasteiger partial charge < -0.3 is 10.6 Å². The molecular weight excluding hydrogens is 352 g/mol. The Hall–Kier alpha value is -1.31. The van der Waals surface area contributed by atoms with Crippen LogP contribution in [0.3, 0.4) is 0 Å². The maximum atomic E-state index is 12.3. The molecule has 2 N–H and O–H groups in total. The first-order valence-electron chi connectivity index (χ1n) is 7.31. The zero-order chi connectivity index (χ0) is 16.8. The molecule has 0 aliphatic heterocycles. The SMILES string of the molecule is CCCNc1nnc(S[C@H](C)C(=O)Nc2cccc(Cl)c2C)s1. The molecule has 0 aliphatic carbocycles. The Morgan fingerprint density at radius 2 is 2.22 bits per heavy atom. The molecule has 1 atom stereocenters. The highest BCUT2D eigenvalue weighted by Crippen LogP contribution is 2.30. The number of nitrogens with one attached hydrogen (secondary N) is 2. The molecule has 0 bridgehead atoms. The third-order valence-electron chi connectivity index (χ3n) is 3.11. The Morgan fingerprint density at radius 3 is 2.96 bits per heavy atom. The Labute approximate surface area is 149 Å². The molecule has 0 radical (unpaired) electrons. The molecule has 0 saturated heterocycles. The molecule has 2 rings (SSSR count). The van der Waals surface area contributed by atoms with Crippen LogP contribution in [0.25, 0.3) is 0 Å². The minimum atomic E-state index is -0.277. The first-order chi connectivity index (χ1) is 11.0. The van der Waals surface area contributed by atoms with Crippen molar-refractivity contribution in [2.75, 3.05) is 17.2 Å². The van der Waals surface area contributed by atoms with Crippen molar-refractivity contribution in [3.8, 4) is 0 Å². The van der Waals surface area contributed by atoms with Crippen molar-refractivity contribution in [3.05, 3.63) is 28.8 Å². The van der Waals surface area contributed by atoms with Crippen LogP contribution in [-0.2, 0) is 4.79 Å². The van der Waals surface area contributed by atoms with E-state index in [0.29, 0.717) is 5.02 Å². The summed E-state index contributed by atoms with van der Waals surface area (Å²) in [5.41, 5.74) is 1.60. The molecule has 0 spiro atoms. The summed E-state index contributed by atoms with van der Waals surface area (Å²) < 4.78 is 0.772. The van der Waals surface area contributed by atoms with Gasteiger partial charge in [-0.1, -0.05) is 47.7 Å². The van der Waals surface area contributed by atoms with E-state index in [1.54, 1.807) is 6.07 Å². The lowest BCUT2D eigenvalue weighted by molar-refractivity contribution is -0.115. The van der Waals surface area contributed by atoms with E-state index in [2.05, 4.69) is 27.8 Å². The van der Waals surface area contributed by atoms with Crippen molar-refractivity contribution in [3.63, 3.8) is 0 Å². The minimum absolute atomic E-state index is 0.0846. The van der Waals surface area contributed by atoms with Crippen molar-refractivity contribution in [2.24, 2.45) is 0 Å². The number of aromatic nitrogens is 2. The van der Waals surface area contributed by atoms with Gasteiger partial charge in [0.2, 0.25) is 11.0 Å². The lowest BCUT2D eigenvalue weighted by Gasteiger charge is -2.12. The molecule has 1 heterocycles. The van der Waals surface area contributed by atoms with Crippen LogP contribution >= 0.6 is 34.7 Å². The Balaban J connectivity index is 1.94. The van der Waals surface area contributed by atoms with E-state index in [9.17, 15) is 4.79 Å². The number of carbonyl (C=O) groups excluding carboxylic acids is 1. The van der Waals surface area contributed by atoms with E-state index in [-0.39, 0.29) is 11.2 Å². The maximum Gasteiger partial charge on any atom is 0.237 e. The average Bonchev–Trinajstić information content (AvgIpc) is 2.97. The molecule has 0 saturated carbocycles. The number of thioether (sulfide) groups is 1. The van der Waals surface area contributed by atoms with E-state index < -0.39 is 0 Å². The van der Waals surface area contributed by atoms with Gasteiger partial charge in [-0.3, -0.25) is 4.79 Å². The van der Waals surface area contributed by atoms with Crippen molar-refractivity contribution in [1.29, 1.82) is 0 Å². The topological polar surface area (TPSA) is 66.9 Å². The first kappa shape index (κ1) is 18.0. The van der Waals surface area contributed by atoms with Crippen LogP contribution in [0, 0.1) is 6.92 Å². The molecular formula is C15H19ClN4OS2. The van der Waals surface area contributed by atoms with Gasteiger partial charge in [-0.25, -0.2) is 0 Å². The molecule has 1 aromatic heterocycles. The average molecular weight is 371 g/mol. The van der Waals surface area contributed by atoms with Crippen molar-refractivity contribution >= 4 is 51.4 Å². The molecule has 8 heteroatoms. The number of rotatable bonds is 7. The molecule has 1 aromatic carbocycles. The number of halogens is 1. The zero-order valence-electron chi connectivity index (χ0n) is 13.2. The van der Waals surface area contributed by atoms with E-state index >= 15 is 0 Å². The van der Waals surface area contributed by atoms with Crippen molar-refractivity contribution in [2.45, 2.75) is 36.8 Å². The van der Waals surface area contributed by atoms with Crippen LogP contribution in [-0.4, -0.2) is 27.9 Å². The zero-order valence-corrected chi connectivity index (χ0v) is 15.6. The van der Waals surface area contributed by atoms with E-state index in [4.69, 9.17) is 11.6 Å². The smallest absolute Gasteiger partial charge is 0.237 e. The summed E-state index contributed by atoms with van der Waals surface area (Å²) in [6.07, 6.45) is 1.03. The number of hydrogen-bond donors (Lipinski definition) is 2. The first-order valence-corrected chi connectivity index (χ1v) is 9.38. The monoisotopic (exact) mass is 370 g/mol. The summed E-state index contributed by atoms with van der Waals surface area (Å²) in [6.45, 7) is 6.68. The fourth-order valence-electron chi connectivity index (χ4n) is 1.74. The molecule has 5 nitrogen and oxygen atoms in total. The quantitative estimate of drug-likeness (QED) is 0.705. The number of benzene rings is 1. The van der Waals surface area contributed by atoms with Gasteiger partial charge in [-0.05, 0) is 38.0 Å². The molecule has 0 unspecified atom stereocenters. The van der Waals surface area contributed by atoms with E-state index in [1.165, 1.54) is 23.1 Å². The van der Waals surface area contributed by atoms with Crippen molar-refractivity contribution < 1.29 is 4.79 Å². The molecule has 124 valence electrons. The highest BCUT2D eigenvalue weighted by molar-refractivity contribution is 8.02. The van der Waals surface area contributed by atoms with E-state index in [0.717, 1.165) is 33.7 Å². The summed E-state index contributed by atoms with van der Waals surface area (Å²) in [5.74, 6) is -0.0846. The van der Waals surface area contributed by atoms with Crippen LogP contribution in [0.4, 0.5) is 10.8 Å². The Bertz CT molecular complexity index is 677. The fourth-order valence-corrected chi connectivity index (χ4v) is 3.84. The lowest BCUT2D eigenvalue weighted by atomic mass is 10.2. The highest BCUT2D eigenvalue weighted by Gasteiger charge is 2.18. The largest absolute Gasteiger partial charge is 0.360 e. The molecule has 1 amide bonds. The number of hydrogen-bond acceptors (Lipinski definition) is 6. The summed E-state index contributed by atoms with van der Waals surface area (Å²) >= 11 is 8.93. The molecule has 23 heavy (non-hydrogen) atoms. The van der Waals surface area contributed by atoms with Crippen LogP contribution in [0.5, 0.6) is 0 Å². The Morgan fingerprint density at radius 1 is 1.43 bits per heavy atom. The lowest BCUT2D eigenvalue weighted by Crippen LogP contribution is -2.22. The maximum absolute atomic E-state index is 12.3. The van der Waals surface area contributed by atoms with E-state index in [1.807, 2.05) is 26.0 Å². The van der Waals surface area contributed by atoms with Gasteiger partial charge in [0, 0.05) is 17.3 Å². The summed E-state index contributed by atoms with van der Waals surface area (Å²) in [4.78, 5) is 12.3. The second-order valence-corrected chi connectivity index (χ2v) is 7.93. The normalized spacial score (nSPS) is 12.0. The minimum Gasteiger partial charge on any atom is -0.360 e. The third kappa shape index (κ3) is 5.09. The van der Waals surface area contributed by atoms with Gasteiger partial charge in [-0.15, -0.1) is 10.2 Å². The number of nitrogens with zero attached hydrogens (tertiary/aromatic N) is 2. The summed E-state index contributed by atoms with van der Waals surface area (Å²) in [5, 5.41) is 15.4. The molecule has 0 fully saturated rings. The number of carbonyl (C=O) groups is 1. The number of anilines is 2. The van der Waals surface area contributed by atoms with Crippen LogP contribution in [0.15, 0.2) is 22.5 Å². The highest BCUT2D eigenvalue weighted by atomic mass is 35.5. The number of amides is 1. The molecule has 0 aliphatic rings. The summed E-state index contributed by atoms with van der Waals surface area (Å²) in [6, 6.07) is 5.46. The predicted octanol–water partition coefficient (Wildman–Crippen LogP) is 4.44. The van der Waals surface area contributed by atoms with Gasteiger partial charge in [0.25, 0.3) is 0 Å². The Kier molecular flexibility index (Phi) is 6.68. The van der Waals surface area contributed by atoms with Crippen LogP contribution < -0.4 is 10.6 Å². The fraction of sp³-hybridized carbons (Fsp3) is 0.400. The van der Waals surface area contributed by atoms with Gasteiger partial charge in [-0.2, -0.15) is 0 Å². The van der Waals surface area contributed by atoms with Crippen LogP contribution in [0.2, 0.25) is 5.02 Å². The van der Waals surface area contributed by atoms with Crippen molar-refractivity contribution in [1.82, 2.24) is 10.2 Å². The second-order valence-electron chi connectivity index (χ2n) is 4.96.